The number of halogens is 1. The van der Waals surface area contributed by atoms with Crippen LogP contribution in [0.15, 0.2) is 62.9 Å². The number of aromatic nitrogens is 2. The molecule has 0 N–H and O–H groups in total. The number of nitrogens with zero attached hydrogens (tertiary/aromatic N) is 3. The van der Waals surface area contributed by atoms with Gasteiger partial charge in [-0.3, -0.25) is 0 Å². The molecule has 0 fully saturated rings. The molecular formula is C18H14ClN3O3. The zero-order valence-electron chi connectivity index (χ0n) is 13.3. The van der Waals surface area contributed by atoms with Crippen molar-refractivity contribution in [3.63, 3.8) is 0 Å². The molecule has 0 aliphatic carbocycles. The summed E-state index contributed by atoms with van der Waals surface area (Å²) in [5, 5.41) is 8.92. The maximum absolute atomic E-state index is 11.7. The quantitative estimate of drug-likeness (QED) is 0.719. The first kappa shape index (κ1) is 15.7. The van der Waals surface area contributed by atoms with Crippen LogP contribution < -0.4 is 5.76 Å². The molecule has 7 heteroatoms. The van der Waals surface area contributed by atoms with Gasteiger partial charge in [-0.15, -0.1) is 5.10 Å². The van der Waals surface area contributed by atoms with Crippen molar-refractivity contribution in [1.82, 2.24) is 9.78 Å². The van der Waals surface area contributed by atoms with Crippen LogP contribution in [0.1, 0.15) is 29.5 Å². The number of benzene rings is 2. The summed E-state index contributed by atoms with van der Waals surface area (Å²) in [6.07, 6.45) is 0.553. The Hall–Kier alpha value is -2.86. The van der Waals surface area contributed by atoms with Crippen molar-refractivity contribution >= 4 is 17.3 Å². The second-order valence-corrected chi connectivity index (χ2v) is 6.17. The van der Waals surface area contributed by atoms with E-state index in [0.717, 1.165) is 16.8 Å². The molecule has 0 spiro atoms. The molecule has 1 unspecified atom stereocenters. The van der Waals surface area contributed by atoms with E-state index in [1.165, 1.54) is 4.68 Å². The molecule has 3 aromatic rings. The first-order chi connectivity index (χ1) is 12.1. The Morgan fingerprint density at radius 2 is 1.84 bits per heavy atom. The SMILES string of the molecule is Cc1nn(-c2ccc(C3=NOC(c4ccc(Cl)cc4)C3)cc2)c(=O)o1. The first-order valence-electron chi connectivity index (χ1n) is 7.76. The van der Waals surface area contributed by atoms with Gasteiger partial charge in [-0.05, 0) is 35.4 Å². The number of hydrogen-bond acceptors (Lipinski definition) is 5. The van der Waals surface area contributed by atoms with E-state index in [1.807, 2.05) is 36.4 Å². The van der Waals surface area contributed by atoms with E-state index in [0.29, 0.717) is 23.0 Å². The van der Waals surface area contributed by atoms with Gasteiger partial charge in [0.1, 0.15) is 0 Å². The van der Waals surface area contributed by atoms with Gasteiger partial charge >= 0.3 is 5.76 Å². The predicted octanol–water partition coefficient (Wildman–Crippen LogP) is 3.65. The molecule has 1 aliphatic heterocycles. The summed E-state index contributed by atoms with van der Waals surface area (Å²) in [6.45, 7) is 1.63. The Bertz CT molecular complexity index is 988. The zero-order chi connectivity index (χ0) is 17.4. The fourth-order valence-electron chi connectivity index (χ4n) is 2.73. The number of rotatable bonds is 3. The lowest BCUT2D eigenvalue weighted by Gasteiger charge is -2.08. The van der Waals surface area contributed by atoms with Crippen LogP contribution in [-0.2, 0) is 4.84 Å². The van der Waals surface area contributed by atoms with Crippen LogP contribution in [0.25, 0.3) is 5.69 Å². The third kappa shape index (κ3) is 3.08. The largest absolute Gasteiger partial charge is 0.441 e. The molecule has 6 nitrogen and oxygen atoms in total. The summed E-state index contributed by atoms with van der Waals surface area (Å²) in [5.41, 5.74) is 3.47. The van der Waals surface area contributed by atoms with Crippen LogP contribution in [0.5, 0.6) is 0 Å². The van der Waals surface area contributed by atoms with Crippen molar-refractivity contribution in [2.75, 3.05) is 0 Å². The predicted molar refractivity (Wildman–Crippen MR) is 93.3 cm³/mol. The molecule has 126 valence electrons. The number of hydrogen-bond donors (Lipinski definition) is 0. The molecule has 25 heavy (non-hydrogen) atoms. The summed E-state index contributed by atoms with van der Waals surface area (Å²) < 4.78 is 6.14. The van der Waals surface area contributed by atoms with Crippen molar-refractivity contribution in [3.8, 4) is 5.69 Å². The Morgan fingerprint density at radius 1 is 1.12 bits per heavy atom. The minimum absolute atomic E-state index is 0.118. The molecule has 4 rings (SSSR count). The van der Waals surface area contributed by atoms with E-state index in [2.05, 4.69) is 10.3 Å². The average molecular weight is 356 g/mol. The summed E-state index contributed by atoms with van der Waals surface area (Å²) in [7, 11) is 0. The molecule has 2 heterocycles. The molecule has 2 aromatic carbocycles. The van der Waals surface area contributed by atoms with E-state index < -0.39 is 5.76 Å². The Morgan fingerprint density at radius 3 is 2.48 bits per heavy atom. The molecule has 0 amide bonds. The van der Waals surface area contributed by atoms with Gasteiger partial charge in [-0.1, -0.05) is 41.0 Å². The Labute approximate surface area is 148 Å². The van der Waals surface area contributed by atoms with E-state index in [4.69, 9.17) is 20.9 Å². The summed E-state index contributed by atoms with van der Waals surface area (Å²) in [5.74, 6) is -0.178. The highest BCUT2D eigenvalue weighted by Gasteiger charge is 2.23. The van der Waals surface area contributed by atoms with E-state index in [1.54, 1.807) is 19.1 Å². The third-order valence-electron chi connectivity index (χ3n) is 4.00. The smallest absolute Gasteiger partial charge is 0.392 e. The van der Waals surface area contributed by atoms with Crippen molar-refractivity contribution in [1.29, 1.82) is 0 Å². The van der Waals surface area contributed by atoms with Crippen molar-refractivity contribution in [2.45, 2.75) is 19.4 Å². The molecule has 1 aliphatic rings. The highest BCUT2D eigenvalue weighted by atomic mass is 35.5. The molecule has 0 saturated carbocycles. The lowest BCUT2D eigenvalue weighted by molar-refractivity contribution is 0.0857. The van der Waals surface area contributed by atoms with Gasteiger partial charge in [0.05, 0.1) is 11.4 Å². The Balaban J connectivity index is 1.52. The maximum Gasteiger partial charge on any atom is 0.441 e. The molecule has 0 radical (unpaired) electrons. The fourth-order valence-corrected chi connectivity index (χ4v) is 2.86. The molecular weight excluding hydrogens is 342 g/mol. The lowest BCUT2D eigenvalue weighted by atomic mass is 10.0. The first-order valence-corrected chi connectivity index (χ1v) is 8.14. The van der Waals surface area contributed by atoms with Gasteiger partial charge in [0.15, 0.2) is 6.10 Å². The van der Waals surface area contributed by atoms with Crippen LogP contribution in [-0.4, -0.2) is 15.5 Å². The van der Waals surface area contributed by atoms with Gasteiger partial charge in [0.2, 0.25) is 5.89 Å². The van der Waals surface area contributed by atoms with E-state index in [-0.39, 0.29) is 6.10 Å². The van der Waals surface area contributed by atoms with Gasteiger partial charge in [0, 0.05) is 18.4 Å². The maximum atomic E-state index is 11.7. The highest BCUT2D eigenvalue weighted by molar-refractivity contribution is 6.30. The minimum Gasteiger partial charge on any atom is -0.392 e. The molecule has 0 bridgehead atoms. The van der Waals surface area contributed by atoms with Gasteiger partial charge in [-0.2, -0.15) is 4.68 Å². The normalized spacial score (nSPS) is 16.6. The lowest BCUT2D eigenvalue weighted by Crippen LogP contribution is -2.13. The van der Waals surface area contributed by atoms with Gasteiger partial charge < -0.3 is 9.25 Å². The van der Waals surface area contributed by atoms with E-state index in [9.17, 15) is 4.79 Å². The highest BCUT2D eigenvalue weighted by Crippen LogP contribution is 2.30. The zero-order valence-corrected chi connectivity index (χ0v) is 14.1. The molecule has 1 atom stereocenters. The van der Waals surface area contributed by atoms with Crippen molar-refractivity contribution in [2.24, 2.45) is 5.16 Å². The van der Waals surface area contributed by atoms with Crippen molar-refractivity contribution in [3.05, 3.63) is 81.1 Å². The third-order valence-corrected chi connectivity index (χ3v) is 4.26. The average Bonchev–Trinajstić information content (AvgIpc) is 3.22. The number of aryl methyl sites for hydroxylation is 1. The standard InChI is InChI=1S/C18H14ClN3O3/c1-11-20-22(18(23)24-11)15-8-4-12(5-9-15)16-10-17(25-21-16)13-2-6-14(19)7-3-13/h2-9,17H,10H2,1H3. The summed E-state index contributed by atoms with van der Waals surface area (Å²) in [6, 6.07) is 14.9. The van der Waals surface area contributed by atoms with Crippen LogP contribution in [0.3, 0.4) is 0 Å². The minimum atomic E-state index is -0.505. The number of oxime groups is 1. The van der Waals surface area contributed by atoms with Gasteiger partial charge in [0.25, 0.3) is 0 Å². The van der Waals surface area contributed by atoms with E-state index >= 15 is 0 Å². The van der Waals surface area contributed by atoms with Crippen LogP contribution in [0.4, 0.5) is 0 Å². The van der Waals surface area contributed by atoms with Crippen LogP contribution in [0, 0.1) is 6.92 Å². The summed E-state index contributed by atoms with van der Waals surface area (Å²) >= 11 is 5.92. The van der Waals surface area contributed by atoms with Crippen molar-refractivity contribution < 1.29 is 9.25 Å². The fraction of sp³-hybridized carbons (Fsp3) is 0.167. The second-order valence-electron chi connectivity index (χ2n) is 5.73. The topological polar surface area (TPSA) is 69.6 Å². The Kier molecular flexibility index (Phi) is 3.89. The monoisotopic (exact) mass is 355 g/mol. The summed E-state index contributed by atoms with van der Waals surface area (Å²) in [4.78, 5) is 17.2. The van der Waals surface area contributed by atoms with Crippen LogP contribution in [0.2, 0.25) is 5.02 Å². The van der Waals surface area contributed by atoms with Crippen LogP contribution >= 0.6 is 11.6 Å². The molecule has 0 saturated heterocycles. The second kappa shape index (κ2) is 6.22. The molecule has 1 aromatic heterocycles. The van der Waals surface area contributed by atoms with Gasteiger partial charge in [-0.25, -0.2) is 4.79 Å².